The van der Waals surface area contributed by atoms with Gasteiger partial charge >= 0.3 is 0 Å². The van der Waals surface area contributed by atoms with Crippen LogP contribution < -0.4 is 11.1 Å². The number of nitrogens with two attached hydrogens (primary N) is 1. The maximum Gasteiger partial charge on any atom is 0.178 e. The minimum absolute atomic E-state index is 0.451. The number of aromatic amines is 1. The van der Waals surface area contributed by atoms with Gasteiger partial charge in [-0.2, -0.15) is 5.10 Å². The summed E-state index contributed by atoms with van der Waals surface area (Å²) in [5.41, 5.74) is 11.8. The molecule has 132 valence electrons. The zero-order valence-electron chi connectivity index (χ0n) is 14.5. The van der Waals surface area contributed by atoms with Crippen LogP contribution in [0.15, 0.2) is 42.7 Å². The highest BCUT2D eigenvalue weighted by atomic mass is 15.3. The van der Waals surface area contributed by atoms with Crippen LogP contribution in [0, 0.1) is 0 Å². The van der Waals surface area contributed by atoms with Gasteiger partial charge in [-0.3, -0.25) is 4.68 Å². The molecule has 0 aliphatic carbocycles. The molecule has 0 bridgehead atoms. The number of benzene rings is 1. The summed E-state index contributed by atoms with van der Waals surface area (Å²) in [6.45, 7) is 1.61. The monoisotopic (exact) mass is 348 g/mol. The second kappa shape index (κ2) is 6.93. The highest BCUT2D eigenvalue weighted by molar-refractivity contribution is 5.76. The van der Waals surface area contributed by atoms with E-state index < -0.39 is 0 Å². The number of H-pyrrole nitrogens is 1. The fourth-order valence-electron chi connectivity index (χ4n) is 3.02. The summed E-state index contributed by atoms with van der Waals surface area (Å²) in [6.07, 6.45) is 4.60. The number of hydrogen-bond acceptors (Lipinski definition) is 6. The first-order valence-electron chi connectivity index (χ1n) is 8.41. The molecule has 26 heavy (non-hydrogen) atoms. The fourth-order valence-corrected chi connectivity index (χ4v) is 3.02. The highest BCUT2D eigenvalue weighted by Gasteiger charge is 2.10. The summed E-state index contributed by atoms with van der Waals surface area (Å²) in [5.74, 6) is 0.451. The maximum atomic E-state index is 5.87. The molecule has 8 heteroatoms. The molecular formula is C18H20N8. The average Bonchev–Trinajstić information content (AvgIpc) is 3.26. The molecule has 0 fully saturated rings. The van der Waals surface area contributed by atoms with Crippen molar-refractivity contribution >= 4 is 17.0 Å². The molecule has 1 aromatic carbocycles. The molecule has 4 N–H and O–H groups in total. The van der Waals surface area contributed by atoms with Gasteiger partial charge in [0.1, 0.15) is 11.3 Å². The van der Waals surface area contributed by atoms with Crippen LogP contribution in [0.1, 0.15) is 22.3 Å². The third kappa shape index (κ3) is 3.40. The van der Waals surface area contributed by atoms with E-state index in [2.05, 4.69) is 55.1 Å². The van der Waals surface area contributed by atoms with Crippen LogP contribution in [0.2, 0.25) is 0 Å². The Balaban J connectivity index is 1.50. The van der Waals surface area contributed by atoms with Crippen molar-refractivity contribution in [1.82, 2.24) is 35.5 Å². The SMILES string of the molecule is CNCc1ccc(Cn2cc(Cc3cc(N)nc4[nH]nnc34)cn2)cc1. The Labute approximate surface area is 150 Å². The summed E-state index contributed by atoms with van der Waals surface area (Å²) >= 11 is 0. The smallest absolute Gasteiger partial charge is 0.178 e. The molecule has 4 aromatic rings. The van der Waals surface area contributed by atoms with Crippen molar-refractivity contribution < 1.29 is 0 Å². The molecular weight excluding hydrogens is 328 g/mol. The molecule has 3 heterocycles. The van der Waals surface area contributed by atoms with E-state index in [4.69, 9.17) is 5.73 Å². The standard InChI is InChI=1S/C18H20N8/c1-20-8-12-2-4-13(5-3-12)10-26-11-14(9-21-26)6-15-7-16(19)22-18-17(15)23-25-24-18/h2-5,7,9,11,20H,6,8,10H2,1H3,(H3,19,22,23,24,25). The lowest BCUT2D eigenvalue weighted by Gasteiger charge is -2.04. The normalized spacial score (nSPS) is 11.3. The molecule has 0 saturated heterocycles. The molecule has 0 radical (unpaired) electrons. The number of fused-ring (bicyclic) bond motifs is 1. The van der Waals surface area contributed by atoms with Crippen molar-refractivity contribution in [3.63, 3.8) is 0 Å². The zero-order valence-corrected chi connectivity index (χ0v) is 14.5. The molecule has 0 saturated carbocycles. The summed E-state index contributed by atoms with van der Waals surface area (Å²) in [4.78, 5) is 4.19. The molecule has 0 spiro atoms. The van der Waals surface area contributed by atoms with Gasteiger partial charge in [0.25, 0.3) is 0 Å². The van der Waals surface area contributed by atoms with Crippen LogP contribution in [-0.2, 0) is 19.5 Å². The van der Waals surface area contributed by atoms with E-state index in [0.29, 0.717) is 17.9 Å². The van der Waals surface area contributed by atoms with Gasteiger partial charge in [0.2, 0.25) is 0 Å². The van der Waals surface area contributed by atoms with Crippen molar-refractivity contribution in [3.05, 3.63) is 65.0 Å². The summed E-state index contributed by atoms with van der Waals surface area (Å²) in [7, 11) is 1.95. The quantitative estimate of drug-likeness (QED) is 0.487. The van der Waals surface area contributed by atoms with Gasteiger partial charge < -0.3 is 11.1 Å². The van der Waals surface area contributed by atoms with E-state index in [9.17, 15) is 0 Å². The Morgan fingerprint density at radius 3 is 2.77 bits per heavy atom. The minimum Gasteiger partial charge on any atom is -0.384 e. The van der Waals surface area contributed by atoms with E-state index in [0.717, 1.165) is 29.7 Å². The highest BCUT2D eigenvalue weighted by Crippen LogP contribution is 2.19. The van der Waals surface area contributed by atoms with Gasteiger partial charge in [-0.05, 0) is 35.4 Å². The molecule has 8 nitrogen and oxygen atoms in total. The fraction of sp³-hybridized carbons (Fsp3) is 0.222. The van der Waals surface area contributed by atoms with Gasteiger partial charge in [-0.25, -0.2) is 10.1 Å². The largest absolute Gasteiger partial charge is 0.384 e. The van der Waals surface area contributed by atoms with E-state index in [1.807, 2.05) is 30.2 Å². The molecule has 0 amide bonds. The number of anilines is 1. The third-order valence-electron chi connectivity index (χ3n) is 4.23. The summed E-state index contributed by atoms with van der Waals surface area (Å²) in [6, 6.07) is 10.4. The van der Waals surface area contributed by atoms with Crippen LogP contribution in [0.5, 0.6) is 0 Å². The first kappa shape index (κ1) is 16.2. The van der Waals surface area contributed by atoms with Crippen molar-refractivity contribution in [1.29, 1.82) is 0 Å². The Hall–Kier alpha value is -3.26. The van der Waals surface area contributed by atoms with E-state index >= 15 is 0 Å². The Morgan fingerprint density at radius 1 is 1.15 bits per heavy atom. The van der Waals surface area contributed by atoms with E-state index in [-0.39, 0.29) is 0 Å². The van der Waals surface area contributed by atoms with Gasteiger partial charge in [-0.15, -0.1) is 5.10 Å². The average molecular weight is 348 g/mol. The van der Waals surface area contributed by atoms with E-state index in [1.54, 1.807) is 0 Å². The number of hydrogen-bond donors (Lipinski definition) is 3. The van der Waals surface area contributed by atoms with Gasteiger partial charge in [-0.1, -0.05) is 29.5 Å². The van der Waals surface area contributed by atoms with Crippen LogP contribution in [0.25, 0.3) is 11.2 Å². The predicted molar refractivity (Wildman–Crippen MR) is 99.4 cm³/mol. The Kier molecular flexibility index (Phi) is 4.32. The lowest BCUT2D eigenvalue weighted by atomic mass is 10.1. The van der Waals surface area contributed by atoms with Crippen molar-refractivity contribution in [2.45, 2.75) is 19.5 Å². The molecule has 0 atom stereocenters. The Morgan fingerprint density at radius 2 is 1.96 bits per heavy atom. The van der Waals surface area contributed by atoms with E-state index in [1.165, 1.54) is 11.1 Å². The van der Waals surface area contributed by atoms with Crippen LogP contribution in [0.3, 0.4) is 0 Å². The Bertz CT molecular complexity index is 1020. The lowest BCUT2D eigenvalue weighted by molar-refractivity contribution is 0.685. The molecule has 0 aliphatic heterocycles. The minimum atomic E-state index is 0.451. The third-order valence-corrected chi connectivity index (χ3v) is 4.23. The first-order chi connectivity index (χ1) is 12.7. The van der Waals surface area contributed by atoms with Gasteiger partial charge in [0, 0.05) is 19.2 Å². The molecule has 0 aliphatic rings. The number of nitrogen functional groups attached to an aromatic ring is 1. The molecule has 3 aromatic heterocycles. The summed E-state index contributed by atoms with van der Waals surface area (Å²) in [5, 5.41) is 18.3. The maximum absolute atomic E-state index is 5.87. The molecule has 0 unspecified atom stereocenters. The van der Waals surface area contributed by atoms with Crippen LogP contribution in [-0.4, -0.2) is 37.2 Å². The van der Waals surface area contributed by atoms with Crippen LogP contribution >= 0.6 is 0 Å². The summed E-state index contributed by atoms with van der Waals surface area (Å²) < 4.78 is 1.94. The number of nitrogens with zero attached hydrogens (tertiary/aromatic N) is 5. The number of rotatable bonds is 6. The zero-order chi connectivity index (χ0) is 17.9. The number of pyridine rings is 1. The second-order valence-electron chi connectivity index (χ2n) is 6.29. The lowest BCUT2D eigenvalue weighted by Crippen LogP contribution is -2.05. The number of aromatic nitrogens is 6. The first-order valence-corrected chi connectivity index (χ1v) is 8.41. The number of nitrogens with one attached hydrogen (secondary N) is 2. The van der Waals surface area contributed by atoms with Gasteiger partial charge in [0.15, 0.2) is 5.65 Å². The molecule has 4 rings (SSSR count). The topological polar surface area (TPSA) is 110 Å². The van der Waals surface area contributed by atoms with Crippen LogP contribution in [0.4, 0.5) is 5.82 Å². The van der Waals surface area contributed by atoms with Gasteiger partial charge in [0.05, 0.1) is 12.7 Å². The predicted octanol–water partition coefficient (Wildman–Crippen LogP) is 1.49. The van der Waals surface area contributed by atoms with Crippen molar-refractivity contribution in [2.24, 2.45) is 0 Å². The second-order valence-corrected chi connectivity index (χ2v) is 6.29. The van der Waals surface area contributed by atoms with Crippen molar-refractivity contribution in [3.8, 4) is 0 Å². The van der Waals surface area contributed by atoms with Crippen molar-refractivity contribution in [2.75, 3.05) is 12.8 Å².